The predicted molar refractivity (Wildman–Crippen MR) is 75.9 cm³/mol. The van der Waals surface area contributed by atoms with Crippen LogP contribution in [0.5, 0.6) is 0 Å². The summed E-state index contributed by atoms with van der Waals surface area (Å²) in [5, 5.41) is 8.15. The molecule has 1 saturated carbocycles. The van der Waals surface area contributed by atoms with E-state index in [1.165, 1.54) is 42.6 Å². The molecule has 2 unspecified atom stereocenters. The second-order valence-corrected chi connectivity index (χ2v) is 5.60. The van der Waals surface area contributed by atoms with Gasteiger partial charge in [-0.1, -0.05) is 13.3 Å². The Hall–Kier alpha value is -0.830. The molecule has 1 heterocycles. The van der Waals surface area contributed by atoms with Gasteiger partial charge in [0.05, 0.1) is 5.69 Å². The van der Waals surface area contributed by atoms with Crippen molar-refractivity contribution in [3.8, 4) is 0 Å². The summed E-state index contributed by atoms with van der Waals surface area (Å²) in [7, 11) is 2.10. The van der Waals surface area contributed by atoms with Crippen molar-refractivity contribution in [2.45, 2.75) is 65.5 Å². The molecular weight excluding hydrogens is 222 g/mol. The summed E-state index contributed by atoms with van der Waals surface area (Å²) >= 11 is 0. The van der Waals surface area contributed by atoms with Crippen LogP contribution in [0.15, 0.2) is 0 Å². The third kappa shape index (κ3) is 2.61. The van der Waals surface area contributed by atoms with E-state index in [0.29, 0.717) is 0 Å². The zero-order valence-electron chi connectivity index (χ0n) is 12.3. The molecule has 1 fully saturated rings. The monoisotopic (exact) mass is 249 g/mol. The molecule has 0 aliphatic heterocycles. The number of rotatable bonds is 5. The largest absolute Gasteiger partial charge is 0.317 e. The fourth-order valence-corrected chi connectivity index (χ4v) is 3.51. The van der Waals surface area contributed by atoms with E-state index in [-0.39, 0.29) is 0 Å². The Morgan fingerprint density at radius 2 is 2.11 bits per heavy atom. The molecule has 2 atom stereocenters. The molecule has 3 nitrogen and oxygen atoms in total. The van der Waals surface area contributed by atoms with Gasteiger partial charge in [0.25, 0.3) is 0 Å². The smallest absolute Gasteiger partial charge is 0.0628 e. The lowest BCUT2D eigenvalue weighted by atomic mass is 10.00. The van der Waals surface area contributed by atoms with E-state index in [0.717, 1.165) is 24.9 Å². The van der Waals surface area contributed by atoms with Crippen molar-refractivity contribution in [2.24, 2.45) is 5.92 Å². The number of hydrogen-bond acceptors (Lipinski definition) is 2. The highest BCUT2D eigenvalue weighted by atomic mass is 15.3. The van der Waals surface area contributed by atoms with E-state index in [1.807, 2.05) is 0 Å². The molecule has 1 N–H and O–H groups in total. The molecule has 0 amide bonds. The zero-order valence-corrected chi connectivity index (χ0v) is 12.3. The SMILES string of the molecule is CCc1c(C)nn(CCC2CCCC2NC)c1C. The number of aryl methyl sites for hydroxylation is 2. The normalized spacial score (nSPS) is 23.8. The lowest BCUT2D eigenvalue weighted by Crippen LogP contribution is -2.29. The number of nitrogens with one attached hydrogen (secondary N) is 1. The Balaban J connectivity index is 1.98. The Labute approximate surface area is 111 Å². The average molecular weight is 249 g/mol. The molecule has 1 aliphatic carbocycles. The summed E-state index contributed by atoms with van der Waals surface area (Å²) in [6.07, 6.45) is 6.47. The molecule has 3 heteroatoms. The summed E-state index contributed by atoms with van der Waals surface area (Å²) in [5.74, 6) is 0.837. The minimum absolute atomic E-state index is 0.729. The Morgan fingerprint density at radius 3 is 2.72 bits per heavy atom. The van der Waals surface area contributed by atoms with Crippen LogP contribution in [0.1, 0.15) is 49.6 Å². The van der Waals surface area contributed by atoms with Crippen LogP contribution in [0.4, 0.5) is 0 Å². The maximum Gasteiger partial charge on any atom is 0.0628 e. The summed E-state index contributed by atoms with van der Waals surface area (Å²) in [4.78, 5) is 0. The minimum Gasteiger partial charge on any atom is -0.317 e. The predicted octanol–water partition coefficient (Wildman–Crippen LogP) is 2.84. The van der Waals surface area contributed by atoms with Gasteiger partial charge in [0, 0.05) is 18.3 Å². The van der Waals surface area contributed by atoms with E-state index in [2.05, 4.69) is 42.9 Å². The van der Waals surface area contributed by atoms with Gasteiger partial charge in [-0.05, 0) is 58.1 Å². The van der Waals surface area contributed by atoms with Crippen LogP contribution in [-0.4, -0.2) is 22.9 Å². The first-order chi connectivity index (χ1) is 8.67. The molecule has 0 bridgehead atoms. The van der Waals surface area contributed by atoms with Crippen LogP contribution in [-0.2, 0) is 13.0 Å². The van der Waals surface area contributed by atoms with Crippen molar-refractivity contribution in [3.63, 3.8) is 0 Å². The van der Waals surface area contributed by atoms with Crippen molar-refractivity contribution in [2.75, 3.05) is 7.05 Å². The van der Waals surface area contributed by atoms with Gasteiger partial charge >= 0.3 is 0 Å². The van der Waals surface area contributed by atoms with Gasteiger partial charge in [0.15, 0.2) is 0 Å². The van der Waals surface area contributed by atoms with Crippen LogP contribution in [0.25, 0.3) is 0 Å². The third-order valence-corrected chi connectivity index (χ3v) is 4.63. The fourth-order valence-electron chi connectivity index (χ4n) is 3.51. The Kier molecular flexibility index (Phi) is 4.44. The lowest BCUT2D eigenvalue weighted by molar-refractivity contribution is 0.367. The van der Waals surface area contributed by atoms with Crippen LogP contribution < -0.4 is 5.32 Å². The summed E-state index contributed by atoms with van der Waals surface area (Å²) in [6.45, 7) is 7.64. The summed E-state index contributed by atoms with van der Waals surface area (Å²) < 4.78 is 2.22. The Bertz CT molecular complexity index is 395. The molecule has 0 spiro atoms. The third-order valence-electron chi connectivity index (χ3n) is 4.63. The van der Waals surface area contributed by atoms with Gasteiger partial charge in [0.2, 0.25) is 0 Å². The second-order valence-electron chi connectivity index (χ2n) is 5.60. The quantitative estimate of drug-likeness (QED) is 0.869. The van der Waals surface area contributed by atoms with Gasteiger partial charge in [-0.25, -0.2) is 0 Å². The van der Waals surface area contributed by atoms with Gasteiger partial charge in [-0.3, -0.25) is 4.68 Å². The second kappa shape index (κ2) is 5.87. The first kappa shape index (κ1) is 13.6. The van der Waals surface area contributed by atoms with E-state index in [4.69, 9.17) is 0 Å². The zero-order chi connectivity index (χ0) is 13.1. The molecule has 1 aromatic heterocycles. The van der Waals surface area contributed by atoms with Crippen LogP contribution in [0, 0.1) is 19.8 Å². The van der Waals surface area contributed by atoms with Gasteiger partial charge < -0.3 is 5.32 Å². The molecule has 1 aromatic rings. The fraction of sp³-hybridized carbons (Fsp3) is 0.800. The highest BCUT2D eigenvalue weighted by Gasteiger charge is 2.25. The molecule has 0 saturated heterocycles. The van der Waals surface area contributed by atoms with Crippen LogP contribution in [0.3, 0.4) is 0 Å². The van der Waals surface area contributed by atoms with Crippen molar-refractivity contribution in [1.29, 1.82) is 0 Å². The van der Waals surface area contributed by atoms with Crippen molar-refractivity contribution < 1.29 is 0 Å². The van der Waals surface area contributed by atoms with E-state index in [1.54, 1.807) is 0 Å². The minimum atomic E-state index is 0.729. The topological polar surface area (TPSA) is 29.9 Å². The number of aromatic nitrogens is 2. The van der Waals surface area contributed by atoms with Crippen molar-refractivity contribution in [1.82, 2.24) is 15.1 Å². The molecule has 1 aliphatic rings. The molecule has 0 aromatic carbocycles. The average Bonchev–Trinajstić information content (AvgIpc) is 2.91. The van der Waals surface area contributed by atoms with Gasteiger partial charge in [0.1, 0.15) is 0 Å². The standard InChI is InChI=1S/C15H27N3/c1-5-14-11(2)17-18(12(14)3)10-9-13-7-6-8-15(13)16-4/h13,15-16H,5-10H2,1-4H3. The summed E-state index contributed by atoms with van der Waals surface area (Å²) in [5.41, 5.74) is 4.02. The highest BCUT2D eigenvalue weighted by molar-refractivity contribution is 5.24. The van der Waals surface area contributed by atoms with E-state index >= 15 is 0 Å². The van der Waals surface area contributed by atoms with E-state index < -0.39 is 0 Å². The maximum atomic E-state index is 4.69. The van der Waals surface area contributed by atoms with Gasteiger partial charge in [-0.2, -0.15) is 5.10 Å². The highest BCUT2D eigenvalue weighted by Crippen LogP contribution is 2.29. The molecule has 2 rings (SSSR count). The van der Waals surface area contributed by atoms with Crippen molar-refractivity contribution >= 4 is 0 Å². The first-order valence-electron chi connectivity index (χ1n) is 7.37. The number of nitrogens with zero attached hydrogens (tertiary/aromatic N) is 2. The van der Waals surface area contributed by atoms with Crippen LogP contribution >= 0.6 is 0 Å². The van der Waals surface area contributed by atoms with Crippen LogP contribution in [0.2, 0.25) is 0 Å². The lowest BCUT2D eigenvalue weighted by Gasteiger charge is -2.19. The maximum absolute atomic E-state index is 4.69. The molecule has 102 valence electrons. The molecule has 18 heavy (non-hydrogen) atoms. The molecule has 0 radical (unpaired) electrons. The van der Waals surface area contributed by atoms with Crippen molar-refractivity contribution in [3.05, 3.63) is 17.0 Å². The Morgan fingerprint density at radius 1 is 1.33 bits per heavy atom. The van der Waals surface area contributed by atoms with E-state index in [9.17, 15) is 0 Å². The first-order valence-corrected chi connectivity index (χ1v) is 7.37. The number of hydrogen-bond donors (Lipinski definition) is 1. The van der Waals surface area contributed by atoms with Gasteiger partial charge in [-0.15, -0.1) is 0 Å². The summed E-state index contributed by atoms with van der Waals surface area (Å²) in [6, 6.07) is 0.729. The molecular formula is C15H27N3.